The molecule has 5 nitrogen and oxygen atoms in total. The molecule has 0 aliphatic heterocycles. The summed E-state index contributed by atoms with van der Waals surface area (Å²) in [6, 6.07) is 17.4. The molecule has 0 fully saturated rings. The molecule has 0 aliphatic carbocycles. The number of rotatable bonds is 5. The maximum Gasteiger partial charge on any atom is 0.161 e. The fourth-order valence-corrected chi connectivity index (χ4v) is 3.39. The summed E-state index contributed by atoms with van der Waals surface area (Å²) in [6.45, 7) is 6.45. The van der Waals surface area contributed by atoms with Crippen molar-refractivity contribution in [3.05, 3.63) is 78.2 Å². The van der Waals surface area contributed by atoms with E-state index in [1.807, 2.05) is 24.3 Å². The summed E-state index contributed by atoms with van der Waals surface area (Å²) < 4.78 is 25.9. The zero-order valence-electron chi connectivity index (χ0n) is 18.4. The van der Waals surface area contributed by atoms with Crippen LogP contribution < -0.4 is 14.8 Å². The van der Waals surface area contributed by atoms with Gasteiger partial charge in [-0.05, 0) is 47.4 Å². The van der Waals surface area contributed by atoms with E-state index in [0.29, 0.717) is 33.8 Å². The second kappa shape index (κ2) is 8.38. The lowest BCUT2D eigenvalue weighted by atomic mass is 9.87. The lowest BCUT2D eigenvalue weighted by Crippen LogP contribution is -2.10. The van der Waals surface area contributed by atoms with E-state index in [1.165, 1.54) is 24.8 Å². The predicted octanol–water partition coefficient (Wildman–Crippen LogP) is 6.92. The van der Waals surface area contributed by atoms with Crippen molar-refractivity contribution in [2.24, 2.45) is 0 Å². The van der Waals surface area contributed by atoms with Crippen LogP contribution in [0.4, 0.5) is 15.8 Å². The molecule has 0 atom stereocenters. The van der Waals surface area contributed by atoms with E-state index in [-0.39, 0.29) is 11.2 Å². The zero-order valence-corrected chi connectivity index (χ0v) is 18.4. The van der Waals surface area contributed by atoms with Crippen molar-refractivity contribution in [1.82, 2.24) is 4.98 Å². The minimum atomic E-state index is -0.434. The largest absolute Gasteiger partial charge is 0.504 e. The van der Waals surface area contributed by atoms with E-state index < -0.39 is 5.82 Å². The van der Waals surface area contributed by atoms with Gasteiger partial charge in [0, 0.05) is 29.4 Å². The summed E-state index contributed by atoms with van der Waals surface area (Å²) in [5.74, 6) is 0.679. The van der Waals surface area contributed by atoms with Crippen molar-refractivity contribution < 1.29 is 19.0 Å². The van der Waals surface area contributed by atoms with Gasteiger partial charge in [-0.1, -0.05) is 32.9 Å². The highest BCUT2D eigenvalue weighted by molar-refractivity contribution is 5.88. The minimum absolute atomic E-state index is 0.0124. The molecule has 0 aliphatic rings. The van der Waals surface area contributed by atoms with Gasteiger partial charge in [0.15, 0.2) is 11.5 Å². The molecule has 4 aromatic rings. The van der Waals surface area contributed by atoms with Crippen molar-refractivity contribution in [3.8, 4) is 23.0 Å². The fourth-order valence-electron chi connectivity index (χ4n) is 3.39. The number of phenols is 1. The number of hydrogen-bond donors (Lipinski definition) is 2. The van der Waals surface area contributed by atoms with E-state index in [0.717, 1.165) is 5.69 Å². The van der Waals surface area contributed by atoms with Crippen LogP contribution in [0.15, 0.2) is 66.9 Å². The molecule has 6 heteroatoms. The molecule has 32 heavy (non-hydrogen) atoms. The molecule has 0 saturated heterocycles. The first kappa shape index (κ1) is 21.4. The van der Waals surface area contributed by atoms with Gasteiger partial charge < -0.3 is 19.9 Å². The highest BCUT2D eigenvalue weighted by Gasteiger charge is 2.14. The van der Waals surface area contributed by atoms with Crippen molar-refractivity contribution in [1.29, 1.82) is 0 Å². The lowest BCUT2D eigenvalue weighted by Gasteiger charge is -2.19. The summed E-state index contributed by atoms with van der Waals surface area (Å²) >= 11 is 0. The van der Waals surface area contributed by atoms with Gasteiger partial charge in [0.1, 0.15) is 17.3 Å². The molecule has 1 heterocycles. The Hall–Kier alpha value is -3.80. The Morgan fingerprint density at radius 2 is 1.69 bits per heavy atom. The Labute approximate surface area is 186 Å². The molecule has 2 N–H and O–H groups in total. The zero-order chi connectivity index (χ0) is 22.9. The fraction of sp³-hybridized carbons (Fsp3) is 0.192. The van der Waals surface area contributed by atoms with Crippen molar-refractivity contribution in [3.63, 3.8) is 0 Å². The summed E-state index contributed by atoms with van der Waals surface area (Å²) in [5, 5.41) is 13.7. The Balaban J connectivity index is 1.56. The number of hydrogen-bond acceptors (Lipinski definition) is 5. The molecule has 164 valence electrons. The molecule has 0 spiro atoms. The van der Waals surface area contributed by atoms with Crippen LogP contribution in [-0.2, 0) is 5.41 Å². The molecular formula is C26H25FN2O3. The van der Waals surface area contributed by atoms with E-state index in [4.69, 9.17) is 9.47 Å². The van der Waals surface area contributed by atoms with E-state index >= 15 is 0 Å². The van der Waals surface area contributed by atoms with Gasteiger partial charge in [-0.2, -0.15) is 0 Å². The Kier molecular flexibility index (Phi) is 5.61. The van der Waals surface area contributed by atoms with Crippen molar-refractivity contribution >= 4 is 22.3 Å². The first-order chi connectivity index (χ1) is 15.2. The standard InChI is InChI=1S/C26H25FN2O3/c1-26(2,3)16-5-7-17(8-6-16)29-21-10-9-18(13-20(21)27)32-24-11-12-28-22-15-23(30)25(31-4)14-19(22)24/h5-15,29-30H,1-4H3. The maximum absolute atomic E-state index is 14.8. The molecule has 1 aromatic heterocycles. The highest BCUT2D eigenvalue weighted by Crippen LogP contribution is 2.37. The lowest BCUT2D eigenvalue weighted by molar-refractivity contribution is 0.374. The SMILES string of the molecule is COc1cc2c(Oc3ccc(Nc4ccc(C(C)(C)C)cc4)c(F)c3)ccnc2cc1O. The summed E-state index contributed by atoms with van der Waals surface area (Å²) in [7, 11) is 1.47. The number of pyridine rings is 1. The third-order valence-electron chi connectivity index (χ3n) is 5.20. The number of benzene rings is 3. The van der Waals surface area contributed by atoms with Crippen LogP contribution in [0.1, 0.15) is 26.3 Å². The Morgan fingerprint density at radius 1 is 0.938 bits per heavy atom. The number of anilines is 2. The van der Waals surface area contributed by atoms with Gasteiger partial charge >= 0.3 is 0 Å². The molecule has 3 aromatic carbocycles. The Morgan fingerprint density at radius 3 is 2.34 bits per heavy atom. The number of aromatic hydroxyl groups is 1. The third-order valence-corrected chi connectivity index (χ3v) is 5.20. The number of nitrogens with zero attached hydrogens (tertiary/aromatic N) is 1. The normalized spacial score (nSPS) is 11.4. The quantitative estimate of drug-likeness (QED) is 0.358. The number of ether oxygens (including phenoxy) is 2. The van der Waals surface area contributed by atoms with Gasteiger partial charge in [0.25, 0.3) is 0 Å². The molecular weight excluding hydrogens is 407 g/mol. The van der Waals surface area contributed by atoms with Crippen molar-refractivity contribution in [2.75, 3.05) is 12.4 Å². The van der Waals surface area contributed by atoms with Crippen LogP contribution in [0.2, 0.25) is 0 Å². The number of methoxy groups -OCH3 is 1. The minimum Gasteiger partial charge on any atom is -0.504 e. The van der Waals surface area contributed by atoms with Crippen LogP contribution in [0.5, 0.6) is 23.0 Å². The number of aromatic nitrogens is 1. The number of phenolic OH excluding ortho intramolecular Hbond substituents is 1. The first-order valence-electron chi connectivity index (χ1n) is 10.3. The maximum atomic E-state index is 14.8. The average molecular weight is 432 g/mol. The van der Waals surface area contributed by atoms with Gasteiger partial charge in [0.05, 0.1) is 18.3 Å². The van der Waals surface area contributed by atoms with Gasteiger partial charge in [-0.15, -0.1) is 0 Å². The van der Waals surface area contributed by atoms with Crippen molar-refractivity contribution in [2.45, 2.75) is 26.2 Å². The smallest absolute Gasteiger partial charge is 0.161 e. The second-order valence-electron chi connectivity index (χ2n) is 8.55. The molecule has 0 bridgehead atoms. The highest BCUT2D eigenvalue weighted by atomic mass is 19.1. The van der Waals surface area contributed by atoms with Gasteiger partial charge in [0.2, 0.25) is 0 Å². The molecule has 0 saturated carbocycles. The van der Waals surface area contributed by atoms with Crippen LogP contribution in [0.25, 0.3) is 10.9 Å². The van der Waals surface area contributed by atoms with E-state index in [1.54, 1.807) is 30.5 Å². The molecule has 0 unspecified atom stereocenters. The Bertz CT molecular complexity index is 1260. The second-order valence-corrected chi connectivity index (χ2v) is 8.55. The van der Waals surface area contributed by atoms with Crippen LogP contribution in [-0.4, -0.2) is 17.2 Å². The van der Waals surface area contributed by atoms with Crippen LogP contribution >= 0.6 is 0 Å². The number of halogens is 1. The van der Waals surface area contributed by atoms with Gasteiger partial charge in [-0.3, -0.25) is 4.98 Å². The number of nitrogens with one attached hydrogen (secondary N) is 1. The molecule has 0 amide bonds. The number of fused-ring (bicyclic) bond motifs is 1. The van der Waals surface area contributed by atoms with Gasteiger partial charge in [-0.25, -0.2) is 4.39 Å². The third kappa shape index (κ3) is 4.44. The molecule has 0 radical (unpaired) electrons. The van der Waals surface area contributed by atoms with E-state index in [2.05, 4.69) is 31.1 Å². The van der Waals surface area contributed by atoms with E-state index in [9.17, 15) is 9.50 Å². The summed E-state index contributed by atoms with van der Waals surface area (Å²) in [5.41, 5.74) is 2.97. The van der Waals surface area contributed by atoms with Crippen LogP contribution in [0, 0.1) is 5.82 Å². The first-order valence-corrected chi connectivity index (χ1v) is 10.3. The average Bonchev–Trinajstić information content (AvgIpc) is 2.75. The molecule has 4 rings (SSSR count). The topological polar surface area (TPSA) is 63.6 Å². The summed E-state index contributed by atoms with van der Waals surface area (Å²) in [6.07, 6.45) is 1.57. The predicted molar refractivity (Wildman–Crippen MR) is 125 cm³/mol. The van der Waals surface area contributed by atoms with Crippen LogP contribution in [0.3, 0.4) is 0 Å². The monoisotopic (exact) mass is 432 g/mol. The summed E-state index contributed by atoms with van der Waals surface area (Å²) in [4.78, 5) is 4.24.